The molecule has 2 unspecified atom stereocenters. The fourth-order valence-electron chi connectivity index (χ4n) is 2.66. The summed E-state index contributed by atoms with van der Waals surface area (Å²) in [5, 5.41) is 14.6. The molecule has 0 saturated heterocycles. The number of hydrogen-bond donors (Lipinski definition) is 1. The van der Waals surface area contributed by atoms with Gasteiger partial charge >= 0.3 is 0 Å². The summed E-state index contributed by atoms with van der Waals surface area (Å²) in [6.45, 7) is 12.0. The third kappa shape index (κ3) is 4.81. The highest BCUT2D eigenvalue weighted by Gasteiger charge is 2.20. The second-order valence-electron chi connectivity index (χ2n) is 6.60. The van der Waals surface area contributed by atoms with E-state index < -0.39 is 6.10 Å². The maximum atomic E-state index is 10.3. The summed E-state index contributed by atoms with van der Waals surface area (Å²) in [6.07, 6.45) is 4.37. The molecule has 0 aliphatic rings. The maximum Gasteiger partial charge on any atom is 0.0959 e. The van der Waals surface area contributed by atoms with Gasteiger partial charge in [-0.05, 0) is 36.7 Å². The molecule has 1 N–H and O–H groups in total. The largest absolute Gasteiger partial charge is 0.387 e. The van der Waals surface area contributed by atoms with Crippen LogP contribution in [0.1, 0.15) is 65.7 Å². The van der Waals surface area contributed by atoms with Crippen LogP contribution in [0.3, 0.4) is 0 Å². The van der Waals surface area contributed by atoms with Gasteiger partial charge < -0.3 is 5.11 Å². The minimum absolute atomic E-state index is 0.322. The van der Waals surface area contributed by atoms with Crippen molar-refractivity contribution in [3.63, 3.8) is 0 Å². The molecule has 0 aliphatic carbocycles. The van der Waals surface area contributed by atoms with E-state index in [1.807, 2.05) is 10.7 Å². The summed E-state index contributed by atoms with van der Waals surface area (Å²) in [5.41, 5.74) is 1.28. The van der Waals surface area contributed by atoms with Crippen LogP contribution in [0.4, 0.5) is 0 Å². The number of aliphatic hydroxyl groups is 1. The third-order valence-electron chi connectivity index (χ3n) is 3.11. The molecule has 1 aromatic heterocycles. The Morgan fingerprint density at radius 1 is 1.39 bits per heavy atom. The van der Waals surface area contributed by atoms with Crippen LogP contribution in [0.5, 0.6) is 0 Å². The van der Waals surface area contributed by atoms with Gasteiger partial charge in [0, 0.05) is 12.7 Å². The van der Waals surface area contributed by atoms with E-state index in [1.165, 1.54) is 0 Å². The van der Waals surface area contributed by atoms with Crippen LogP contribution in [-0.2, 0) is 6.54 Å². The second-order valence-corrected chi connectivity index (χ2v) is 6.60. The van der Waals surface area contributed by atoms with Gasteiger partial charge in [-0.2, -0.15) is 5.10 Å². The fourth-order valence-corrected chi connectivity index (χ4v) is 2.66. The Hall–Kier alpha value is -0.830. The van der Waals surface area contributed by atoms with Gasteiger partial charge in [0.25, 0.3) is 0 Å². The standard InChI is InChI=1S/C15H28N2O/c1-6-9-17-13(7-8-16-17)14(18)10-12(2)11-15(3,4)5/h7-8,12,14,18H,6,9-11H2,1-5H3. The Labute approximate surface area is 111 Å². The van der Waals surface area contributed by atoms with Crippen LogP contribution in [0.25, 0.3) is 0 Å². The van der Waals surface area contributed by atoms with Crippen molar-refractivity contribution in [3.05, 3.63) is 18.0 Å². The molecule has 3 heteroatoms. The summed E-state index contributed by atoms with van der Waals surface area (Å²) >= 11 is 0. The van der Waals surface area contributed by atoms with E-state index in [0.29, 0.717) is 11.3 Å². The maximum absolute atomic E-state index is 10.3. The first-order chi connectivity index (χ1) is 8.33. The predicted octanol–water partition coefficient (Wildman–Crippen LogP) is 3.79. The molecular formula is C15H28N2O. The number of aromatic nitrogens is 2. The topological polar surface area (TPSA) is 38.0 Å². The molecule has 18 heavy (non-hydrogen) atoms. The van der Waals surface area contributed by atoms with E-state index in [-0.39, 0.29) is 0 Å². The van der Waals surface area contributed by atoms with Gasteiger partial charge in [-0.15, -0.1) is 0 Å². The smallest absolute Gasteiger partial charge is 0.0959 e. The monoisotopic (exact) mass is 252 g/mol. The molecule has 0 radical (unpaired) electrons. The minimum Gasteiger partial charge on any atom is -0.387 e. The molecule has 3 nitrogen and oxygen atoms in total. The van der Waals surface area contributed by atoms with Crippen LogP contribution < -0.4 is 0 Å². The SMILES string of the molecule is CCCn1nccc1C(O)CC(C)CC(C)(C)C. The van der Waals surface area contributed by atoms with E-state index in [4.69, 9.17) is 0 Å². The van der Waals surface area contributed by atoms with Crippen LogP contribution in [-0.4, -0.2) is 14.9 Å². The van der Waals surface area contributed by atoms with E-state index in [2.05, 4.69) is 39.7 Å². The quantitative estimate of drug-likeness (QED) is 0.836. The van der Waals surface area contributed by atoms with Crippen molar-refractivity contribution in [1.82, 2.24) is 9.78 Å². The van der Waals surface area contributed by atoms with Gasteiger partial charge in [0.05, 0.1) is 11.8 Å². The van der Waals surface area contributed by atoms with Gasteiger partial charge in [0.1, 0.15) is 0 Å². The zero-order valence-corrected chi connectivity index (χ0v) is 12.5. The van der Waals surface area contributed by atoms with Crippen molar-refractivity contribution >= 4 is 0 Å². The molecule has 0 fully saturated rings. The van der Waals surface area contributed by atoms with Crippen LogP contribution in [0.2, 0.25) is 0 Å². The summed E-state index contributed by atoms with van der Waals surface area (Å²) in [6, 6.07) is 1.93. The van der Waals surface area contributed by atoms with Gasteiger partial charge in [-0.25, -0.2) is 0 Å². The lowest BCUT2D eigenvalue weighted by atomic mass is 9.83. The Morgan fingerprint density at radius 3 is 2.61 bits per heavy atom. The van der Waals surface area contributed by atoms with Crippen LogP contribution in [0.15, 0.2) is 12.3 Å². The minimum atomic E-state index is -0.392. The van der Waals surface area contributed by atoms with Crippen molar-refractivity contribution in [1.29, 1.82) is 0 Å². The summed E-state index contributed by atoms with van der Waals surface area (Å²) in [7, 11) is 0. The van der Waals surface area contributed by atoms with Crippen molar-refractivity contribution < 1.29 is 5.11 Å². The van der Waals surface area contributed by atoms with Crippen molar-refractivity contribution in [2.75, 3.05) is 0 Å². The Balaban J connectivity index is 2.59. The van der Waals surface area contributed by atoms with Crippen molar-refractivity contribution in [2.24, 2.45) is 11.3 Å². The zero-order valence-electron chi connectivity index (χ0n) is 12.5. The molecule has 1 heterocycles. The fraction of sp³-hybridized carbons (Fsp3) is 0.800. The first-order valence-electron chi connectivity index (χ1n) is 7.03. The average molecular weight is 252 g/mol. The molecule has 1 rings (SSSR count). The second kappa shape index (κ2) is 6.37. The normalized spacial score (nSPS) is 15.7. The molecule has 2 atom stereocenters. The lowest BCUT2D eigenvalue weighted by molar-refractivity contribution is 0.125. The van der Waals surface area contributed by atoms with Gasteiger partial charge in [0.2, 0.25) is 0 Å². The number of nitrogens with zero attached hydrogens (tertiary/aromatic N) is 2. The molecule has 1 aromatic rings. The summed E-state index contributed by atoms with van der Waals surface area (Å²) in [5.74, 6) is 0.518. The third-order valence-corrected chi connectivity index (χ3v) is 3.11. The Bertz CT molecular complexity index is 352. The van der Waals surface area contributed by atoms with Gasteiger partial charge in [0.15, 0.2) is 0 Å². The highest BCUT2D eigenvalue weighted by molar-refractivity contribution is 5.04. The summed E-state index contributed by atoms with van der Waals surface area (Å²) in [4.78, 5) is 0. The highest BCUT2D eigenvalue weighted by Crippen LogP contribution is 2.30. The zero-order chi connectivity index (χ0) is 13.8. The van der Waals surface area contributed by atoms with E-state index in [1.54, 1.807) is 6.20 Å². The van der Waals surface area contributed by atoms with E-state index in [9.17, 15) is 5.11 Å². The first-order valence-corrected chi connectivity index (χ1v) is 7.03. The lowest BCUT2D eigenvalue weighted by Gasteiger charge is -2.25. The number of aliphatic hydroxyl groups excluding tert-OH is 1. The van der Waals surface area contributed by atoms with Crippen LogP contribution in [0, 0.1) is 11.3 Å². The van der Waals surface area contributed by atoms with Gasteiger partial charge in [-0.1, -0.05) is 34.6 Å². The molecule has 104 valence electrons. The first kappa shape index (κ1) is 15.2. The molecule has 0 bridgehead atoms. The average Bonchev–Trinajstić information content (AvgIpc) is 2.63. The molecular weight excluding hydrogens is 224 g/mol. The van der Waals surface area contributed by atoms with Crippen LogP contribution >= 0.6 is 0 Å². The van der Waals surface area contributed by atoms with Crippen molar-refractivity contribution in [3.8, 4) is 0 Å². The van der Waals surface area contributed by atoms with Crippen molar-refractivity contribution in [2.45, 2.75) is 66.5 Å². The summed E-state index contributed by atoms with van der Waals surface area (Å²) < 4.78 is 1.93. The number of hydrogen-bond acceptors (Lipinski definition) is 2. The molecule has 0 aliphatic heterocycles. The Kier molecular flexibility index (Phi) is 5.39. The number of rotatable bonds is 6. The Morgan fingerprint density at radius 2 is 2.06 bits per heavy atom. The molecule has 0 saturated carbocycles. The van der Waals surface area contributed by atoms with E-state index in [0.717, 1.165) is 31.5 Å². The molecule has 0 amide bonds. The highest BCUT2D eigenvalue weighted by atomic mass is 16.3. The number of aryl methyl sites for hydroxylation is 1. The molecule has 0 aromatic carbocycles. The predicted molar refractivity (Wildman–Crippen MR) is 75.3 cm³/mol. The lowest BCUT2D eigenvalue weighted by Crippen LogP contribution is -2.15. The molecule has 0 spiro atoms. The van der Waals surface area contributed by atoms with E-state index >= 15 is 0 Å². The van der Waals surface area contributed by atoms with Gasteiger partial charge in [-0.3, -0.25) is 4.68 Å².